The van der Waals surface area contributed by atoms with Crippen LogP contribution in [0.4, 0.5) is 0 Å². The molecule has 2 aromatic carbocycles. The van der Waals surface area contributed by atoms with Crippen molar-refractivity contribution in [3.63, 3.8) is 0 Å². The normalized spacial score (nSPS) is 11.2. The highest BCUT2D eigenvalue weighted by Gasteiger charge is 2.30. The average Bonchev–Trinajstić information content (AvgIpc) is 3.01. The number of furan rings is 1. The summed E-state index contributed by atoms with van der Waals surface area (Å²) in [6, 6.07) is 2.67. The molecule has 1 aromatic heterocycles. The number of rotatable bonds is 4. The molecule has 10 heteroatoms. The van der Waals surface area contributed by atoms with E-state index in [-0.39, 0.29) is 43.4 Å². The highest BCUT2D eigenvalue weighted by Crippen LogP contribution is 2.51. The summed E-state index contributed by atoms with van der Waals surface area (Å²) in [6.45, 7) is -0.400. The number of aromatic hydroxyl groups is 5. The SMILES string of the molecule is O=C(c1cc(Br)c(O)c(Br)c1)c1c(CCO)oc2c(O)c(O)c(O)c(O)c12. The Hall–Kier alpha value is -2.43. The zero-order valence-electron chi connectivity index (χ0n) is 13.3. The third-order valence-corrected chi connectivity index (χ3v) is 5.16. The molecule has 0 aliphatic rings. The van der Waals surface area contributed by atoms with Crippen LogP contribution in [0.5, 0.6) is 28.7 Å². The molecule has 0 saturated heterocycles. The third kappa shape index (κ3) is 2.99. The molecule has 0 aliphatic carbocycles. The average molecular weight is 504 g/mol. The predicted molar refractivity (Wildman–Crippen MR) is 101 cm³/mol. The minimum atomic E-state index is -1.02. The Bertz CT molecular complexity index is 1060. The quantitative estimate of drug-likeness (QED) is 0.180. The number of aliphatic hydroxyl groups is 1. The summed E-state index contributed by atoms with van der Waals surface area (Å²) >= 11 is 6.23. The van der Waals surface area contributed by atoms with Crippen LogP contribution >= 0.6 is 31.9 Å². The molecular formula is C17H12Br2O8. The number of halogens is 2. The second kappa shape index (κ2) is 6.95. The smallest absolute Gasteiger partial charge is 0.208 e. The molecule has 1 heterocycles. The first kappa shape index (κ1) is 19.3. The van der Waals surface area contributed by atoms with Crippen molar-refractivity contribution in [2.45, 2.75) is 6.42 Å². The number of hydrogen-bond donors (Lipinski definition) is 6. The van der Waals surface area contributed by atoms with E-state index in [1.165, 1.54) is 12.1 Å². The highest BCUT2D eigenvalue weighted by molar-refractivity contribution is 9.11. The molecule has 0 amide bonds. The molecule has 0 atom stereocenters. The largest absolute Gasteiger partial charge is 0.506 e. The van der Waals surface area contributed by atoms with Gasteiger partial charge in [-0.25, -0.2) is 0 Å². The lowest BCUT2D eigenvalue weighted by Gasteiger charge is -2.08. The standard InChI is InChI=1S/C17H12Br2O8/c18-6-3-5(4-7(19)12(6)22)11(21)9-8(1-2-20)27-17-10(9)13(23)14(24)15(25)16(17)26/h3-4,20,22-26H,1-2H2. The van der Waals surface area contributed by atoms with Crippen LogP contribution in [0, 0.1) is 0 Å². The molecule has 27 heavy (non-hydrogen) atoms. The van der Waals surface area contributed by atoms with Gasteiger partial charge in [-0.15, -0.1) is 0 Å². The van der Waals surface area contributed by atoms with Crippen LogP contribution in [0.3, 0.4) is 0 Å². The van der Waals surface area contributed by atoms with Crippen molar-refractivity contribution in [1.29, 1.82) is 0 Å². The van der Waals surface area contributed by atoms with Crippen LogP contribution in [-0.2, 0) is 6.42 Å². The molecule has 0 bridgehead atoms. The number of ketones is 1. The van der Waals surface area contributed by atoms with E-state index in [0.29, 0.717) is 0 Å². The molecule has 0 radical (unpaired) electrons. The molecule has 0 saturated carbocycles. The molecule has 6 N–H and O–H groups in total. The summed E-state index contributed by atoms with van der Waals surface area (Å²) in [7, 11) is 0. The lowest BCUT2D eigenvalue weighted by atomic mass is 9.98. The minimum Gasteiger partial charge on any atom is -0.506 e. The van der Waals surface area contributed by atoms with E-state index in [9.17, 15) is 35.4 Å². The number of carbonyl (C=O) groups is 1. The first-order valence-electron chi connectivity index (χ1n) is 7.43. The van der Waals surface area contributed by atoms with Gasteiger partial charge in [-0.1, -0.05) is 0 Å². The molecule has 0 aliphatic heterocycles. The summed E-state index contributed by atoms with van der Waals surface area (Å²) in [5.41, 5.74) is -0.530. The number of fused-ring (bicyclic) bond motifs is 1. The molecule has 142 valence electrons. The van der Waals surface area contributed by atoms with Gasteiger partial charge in [0.15, 0.2) is 17.1 Å². The van der Waals surface area contributed by atoms with Crippen LogP contribution in [-0.4, -0.2) is 43.0 Å². The summed E-state index contributed by atoms with van der Waals surface area (Å²) in [5, 5.41) is 58.5. The van der Waals surface area contributed by atoms with Crippen molar-refractivity contribution >= 4 is 48.6 Å². The van der Waals surface area contributed by atoms with Gasteiger partial charge in [0, 0.05) is 12.0 Å². The third-order valence-electron chi connectivity index (χ3n) is 3.95. The van der Waals surface area contributed by atoms with Gasteiger partial charge in [-0.3, -0.25) is 4.79 Å². The van der Waals surface area contributed by atoms with Crippen LogP contribution in [0.2, 0.25) is 0 Å². The second-order valence-corrected chi connectivity index (χ2v) is 7.30. The summed E-state index contributed by atoms with van der Waals surface area (Å²) in [5.74, 6) is -4.58. The molecule has 0 unspecified atom stereocenters. The van der Waals surface area contributed by atoms with Crippen LogP contribution in [0.1, 0.15) is 21.7 Å². The van der Waals surface area contributed by atoms with Gasteiger partial charge in [-0.05, 0) is 44.0 Å². The first-order valence-corrected chi connectivity index (χ1v) is 9.02. The summed E-state index contributed by atoms with van der Waals surface area (Å²) < 4.78 is 5.83. The van der Waals surface area contributed by atoms with E-state index < -0.39 is 41.0 Å². The van der Waals surface area contributed by atoms with E-state index in [1.54, 1.807) is 0 Å². The topological polar surface area (TPSA) is 152 Å². The lowest BCUT2D eigenvalue weighted by Crippen LogP contribution is -2.05. The van der Waals surface area contributed by atoms with Crippen LogP contribution < -0.4 is 0 Å². The van der Waals surface area contributed by atoms with Gasteiger partial charge in [0.25, 0.3) is 0 Å². The van der Waals surface area contributed by atoms with Crippen molar-refractivity contribution < 1.29 is 39.9 Å². The number of carbonyl (C=O) groups excluding carboxylic acids is 1. The van der Waals surface area contributed by atoms with Gasteiger partial charge in [0.05, 0.1) is 26.5 Å². The Kier molecular flexibility index (Phi) is 4.98. The van der Waals surface area contributed by atoms with Crippen LogP contribution in [0.25, 0.3) is 11.0 Å². The molecule has 3 aromatic rings. The zero-order chi connectivity index (χ0) is 20.0. The van der Waals surface area contributed by atoms with Crippen molar-refractivity contribution in [3.05, 3.63) is 38.0 Å². The molecule has 3 rings (SSSR count). The van der Waals surface area contributed by atoms with E-state index >= 15 is 0 Å². The molecule has 8 nitrogen and oxygen atoms in total. The van der Waals surface area contributed by atoms with E-state index in [0.717, 1.165) is 0 Å². The monoisotopic (exact) mass is 502 g/mol. The number of phenolic OH excluding ortho intramolecular Hbond substituents is 5. The maximum Gasteiger partial charge on any atom is 0.208 e. The van der Waals surface area contributed by atoms with E-state index in [1.807, 2.05) is 0 Å². The molecule has 0 fully saturated rings. The minimum absolute atomic E-state index is 0.0616. The van der Waals surface area contributed by atoms with Gasteiger partial charge in [0.1, 0.15) is 11.5 Å². The van der Waals surface area contributed by atoms with Crippen molar-refractivity contribution in [2.24, 2.45) is 0 Å². The van der Waals surface area contributed by atoms with E-state index in [4.69, 9.17) is 4.42 Å². The predicted octanol–water partition coefficient (Wildman–Crippen LogP) is 3.25. The van der Waals surface area contributed by atoms with Crippen molar-refractivity contribution in [3.8, 4) is 28.7 Å². The van der Waals surface area contributed by atoms with E-state index in [2.05, 4.69) is 31.9 Å². The number of benzene rings is 2. The summed E-state index contributed by atoms with van der Waals surface area (Å²) in [4.78, 5) is 13.1. The Morgan fingerprint density at radius 3 is 2.00 bits per heavy atom. The van der Waals surface area contributed by atoms with Gasteiger partial charge in [0.2, 0.25) is 17.2 Å². The Labute approximate surface area is 168 Å². The lowest BCUT2D eigenvalue weighted by molar-refractivity contribution is 0.103. The summed E-state index contributed by atoms with van der Waals surface area (Å²) in [6.07, 6.45) is -0.128. The maximum atomic E-state index is 13.1. The fourth-order valence-corrected chi connectivity index (χ4v) is 3.87. The Balaban J connectivity index is 2.36. The first-order chi connectivity index (χ1) is 12.7. The van der Waals surface area contributed by atoms with Gasteiger partial charge in [-0.2, -0.15) is 0 Å². The zero-order valence-corrected chi connectivity index (χ0v) is 16.5. The number of phenols is 5. The molecule has 0 spiro atoms. The maximum absolute atomic E-state index is 13.1. The van der Waals surface area contributed by atoms with Crippen molar-refractivity contribution in [2.75, 3.05) is 6.61 Å². The fraction of sp³-hybridized carbons (Fsp3) is 0.118. The number of aliphatic hydroxyl groups excluding tert-OH is 1. The van der Waals surface area contributed by atoms with Gasteiger partial charge >= 0.3 is 0 Å². The fourth-order valence-electron chi connectivity index (χ4n) is 2.68. The van der Waals surface area contributed by atoms with Gasteiger partial charge < -0.3 is 35.1 Å². The Morgan fingerprint density at radius 2 is 1.44 bits per heavy atom. The Morgan fingerprint density at radius 1 is 0.889 bits per heavy atom. The second-order valence-electron chi connectivity index (χ2n) is 5.59. The highest BCUT2D eigenvalue weighted by atomic mass is 79.9. The van der Waals surface area contributed by atoms with Crippen molar-refractivity contribution in [1.82, 2.24) is 0 Å². The number of hydrogen-bond acceptors (Lipinski definition) is 8. The van der Waals surface area contributed by atoms with Crippen LogP contribution in [0.15, 0.2) is 25.5 Å². The molecular weight excluding hydrogens is 492 g/mol.